The van der Waals surface area contributed by atoms with Gasteiger partial charge in [0, 0.05) is 65.9 Å². The zero-order valence-corrected chi connectivity index (χ0v) is 20.2. The molecule has 5 rings (SSSR count). The second kappa shape index (κ2) is 9.10. The number of hydrogen-bond donors (Lipinski definition) is 3. The Bertz CT molecular complexity index is 1640. The molecule has 2 amide bonds. The molecule has 0 spiro atoms. The molecule has 0 saturated heterocycles. The maximum atomic E-state index is 12.7. The summed E-state index contributed by atoms with van der Waals surface area (Å²) in [6, 6.07) is 11.4. The van der Waals surface area contributed by atoms with Crippen molar-refractivity contribution in [2.24, 2.45) is 0 Å². The van der Waals surface area contributed by atoms with Crippen molar-refractivity contribution in [2.45, 2.75) is 13.3 Å². The van der Waals surface area contributed by atoms with E-state index in [0.29, 0.717) is 16.9 Å². The molecule has 9 heteroatoms. The lowest BCUT2D eigenvalue weighted by Gasteiger charge is -2.10. The van der Waals surface area contributed by atoms with E-state index < -0.39 is 0 Å². The number of aromatic amines is 2. The molecule has 0 bridgehead atoms. The highest BCUT2D eigenvalue weighted by molar-refractivity contribution is 6.08. The van der Waals surface area contributed by atoms with E-state index in [-0.39, 0.29) is 18.2 Å². The van der Waals surface area contributed by atoms with Crippen molar-refractivity contribution in [1.82, 2.24) is 30.0 Å². The van der Waals surface area contributed by atoms with Crippen LogP contribution in [0.4, 0.5) is 5.69 Å². The predicted octanol–water partition coefficient (Wildman–Crippen LogP) is 4.77. The third-order valence-electron chi connectivity index (χ3n) is 5.80. The largest absolute Gasteiger partial charge is 0.353 e. The van der Waals surface area contributed by atoms with Crippen LogP contribution in [0.3, 0.4) is 0 Å². The number of hydrogen-bond acceptors (Lipinski definition) is 5. The molecule has 0 saturated carbocycles. The van der Waals surface area contributed by atoms with E-state index in [1.165, 1.54) is 0 Å². The van der Waals surface area contributed by atoms with Crippen molar-refractivity contribution in [3.05, 3.63) is 72.7 Å². The number of fused-ring (bicyclic) bond motifs is 2. The first kappa shape index (κ1) is 23.0. The molecule has 3 N–H and O–H groups in total. The number of rotatable bonds is 6. The number of aromatic nitrogens is 5. The van der Waals surface area contributed by atoms with Crippen LogP contribution < -0.4 is 5.32 Å². The number of nitrogens with zero attached hydrogens (tertiary/aromatic N) is 4. The van der Waals surface area contributed by atoms with E-state index in [9.17, 15) is 9.59 Å². The van der Waals surface area contributed by atoms with Gasteiger partial charge < -0.3 is 15.2 Å². The van der Waals surface area contributed by atoms with Gasteiger partial charge in [0.2, 0.25) is 5.91 Å². The number of nitrogens with one attached hydrogen (secondary N) is 3. The van der Waals surface area contributed by atoms with Gasteiger partial charge in [-0.3, -0.25) is 19.7 Å². The quantitative estimate of drug-likeness (QED) is 0.303. The number of pyridine rings is 2. The standard InChI is InChI=1S/C27H25N7O2/c1-15(2)8-24(35)30-18-9-16(12-28-14-18)17-10-21-25(32-33-26(21)29-13-17)23-11-20-19(27(36)34(3)4)6-5-7-22(20)31-23/h5-7,9-14,31H,1,8H2,2-4H3,(H,30,35)(H,29,32,33). The first-order valence-electron chi connectivity index (χ1n) is 11.4. The first-order valence-corrected chi connectivity index (χ1v) is 11.4. The summed E-state index contributed by atoms with van der Waals surface area (Å²) in [7, 11) is 3.47. The molecule has 0 fully saturated rings. The first-order chi connectivity index (χ1) is 17.3. The third-order valence-corrected chi connectivity index (χ3v) is 5.80. The highest BCUT2D eigenvalue weighted by Crippen LogP contribution is 2.32. The van der Waals surface area contributed by atoms with Gasteiger partial charge in [-0.1, -0.05) is 18.2 Å². The van der Waals surface area contributed by atoms with Gasteiger partial charge in [-0.2, -0.15) is 5.10 Å². The second-order valence-electron chi connectivity index (χ2n) is 8.99. The van der Waals surface area contributed by atoms with Crippen LogP contribution in [0.25, 0.3) is 44.5 Å². The molecule has 4 heterocycles. The van der Waals surface area contributed by atoms with Crippen LogP contribution in [0.5, 0.6) is 0 Å². The Morgan fingerprint density at radius 2 is 1.86 bits per heavy atom. The maximum Gasteiger partial charge on any atom is 0.254 e. The Hall–Kier alpha value is -4.79. The Labute approximate surface area is 207 Å². The molecule has 0 atom stereocenters. The highest BCUT2D eigenvalue weighted by atomic mass is 16.2. The fourth-order valence-corrected chi connectivity index (χ4v) is 4.13. The average Bonchev–Trinajstić information content (AvgIpc) is 3.46. The summed E-state index contributed by atoms with van der Waals surface area (Å²) in [4.78, 5) is 38.5. The number of carbonyl (C=O) groups is 2. The fraction of sp³-hybridized carbons (Fsp3) is 0.148. The van der Waals surface area contributed by atoms with Crippen molar-refractivity contribution in [3.8, 4) is 22.5 Å². The number of amides is 2. The van der Waals surface area contributed by atoms with Crippen molar-refractivity contribution in [1.29, 1.82) is 0 Å². The maximum absolute atomic E-state index is 12.7. The molecule has 9 nitrogen and oxygen atoms in total. The van der Waals surface area contributed by atoms with Gasteiger partial charge >= 0.3 is 0 Å². The van der Waals surface area contributed by atoms with Crippen LogP contribution in [-0.2, 0) is 4.79 Å². The predicted molar refractivity (Wildman–Crippen MR) is 140 cm³/mol. The van der Waals surface area contributed by atoms with Gasteiger partial charge in [0.15, 0.2) is 5.65 Å². The summed E-state index contributed by atoms with van der Waals surface area (Å²) in [5.74, 6) is -0.203. The second-order valence-corrected chi connectivity index (χ2v) is 8.99. The van der Waals surface area contributed by atoms with Crippen molar-refractivity contribution in [3.63, 3.8) is 0 Å². The lowest BCUT2D eigenvalue weighted by molar-refractivity contribution is -0.115. The van der Waals surface area contributed by atoms with Crippen LogP contribution in [0.2, 0.25) is 0 Å². The number of carbonyl (C=O) groups excluding carboxylic acids is 2. The van der Waals surface area contributed by atoms with Crippen LogP contribution in [0.1, 0.15) is 23.7 Å². The smallest absolute Gasteiger partial charge is 0.254 e. The molecule has 1 aromatic carbocycles. The number of H-pyrrole nitrogens is 2. The molecule has 0 aliphatic heterocycles. The minimum absolute atomic E-state index is 0.0627. The normalized spacial score (nSPS) is 11.1. The van der Waals surface area contributed by atoms with Crippen molar-refractivity contribution in [2.75, 3.05) is 19.4 Å². The van der Waals surface area contributed by atoms with Crippen LogP contribution >= 0.6 is 0 Å². The molecule has 0 unspecified atom stereocenters. The van der Waals surface area contributed by atoms with E-state index in [1.807, 2.05) is 43.3 Å². The van der Waals surface area contributed by atoms with Crippen LogP contribution in [0, 0.1) is 0 Å². The Balaban J connectivity index is 1.53. The third kappa shape index (κ3) is 4.34. The van der Waals surface area contributed by atoms with Gasteiger partial charge in [0.05, 0.1) is 23.3 Å². The highest BCUT2D eigenvalue weighted by Gasteiger charge is 2.17. The molecule has 36 heavy (non-hydrogen) atoms. The van der Waals surface area contributed by atoms with Gasteiger partial charge in [0.25, 0.3) is 5.91 Å². The molecule has 4 aromatic heterocycles. The van der Waals surface area contributed by atoms with Crippen LogP contribution in [-0.4, -0.2) is 56.0 Å². The Morgan fingerprint density at radius 1 is 1.06 bits per heavy atom. The van der Waals surface area contributed by atoms with Crippen molar-refractivity contribution >= 4 is 39.4 Å². The lowest BCUT2D eigenvalue weighted by atomic mass is 10.1. The van der Waals surface area contributed by atoms with E-state index in [1.54, 1.807) is 37.6 Å². The van der Waals surface area contributed by atoms with Gasteiger partial charge in [-0.25, -0.2) is 4.98 Å². The summed E-state index contributed by atoms with van der Waals surface area (Å²) >= 11 is 0. The Kier molecular flexibility index (Phi) is 5.81. The van der Waals surface area contributed by atoms with Gasteiger partial charge in [-0.05, 0) is 37.3 Å². The molecular weight excluding hydrogens is 454 g/mol. The molecular formula is C27H25N7O2. The minimum Gasteiger partial charge on any atom is -0.353 e. The topological polar surface area (TPSA) is 120 Å². The lowest BCUT2D eigenvalue weighted by Crippen LogP contribution is -2.21. The zero-order valence-electron chi connectivity index (χ0n) is 20.2. The summed E-state index contributed by atoms with van der Waals surface area (Å²) < 4.78 is 0. The van der Waals surface area contributed by atoms with Crippen LogP contribution in [0.15, 0.2) is 67.1 Å². The fourth-order valence-electron chi connectivity index (χ4n) is 4.13. The number of benzene rings is 1. The van der Waals surface area contributed by atoms with E-state index in [4.69, 9.17) is 0 Å². The summed E-state index contributed by atoms with van der Waals surface area (Å²) in [6.45, 7) is 5.59. The van der Waals surface area contributed by atoms with Gasteiger partial charge in [-0.15, -0.1) is 0 Å². The van der Waals surface area contributed by atoms with E-state index in [0.717, 1.165) is 44.4 Å². The molecule has 5 aromatic rings. The SMILES string of the molecule is C=C(C)CC(=O)Nc1cncc(-c2cnc3n[nH]c(-c4cc5c(C(=O)N(C)C)cccc5[nH]4)c3c2)c1. The average molecular weight is 480 g/mol. The molecule has 0 radical (unpaired) electrons. The van der Waals surface area contributed by atoms with Crippen molar-refractivity contribution < 1.29 is 9.59 Å². The molecule has 0 aliphatic rings. The Morgan fingerprint density at radius 3 is 2.64 bits per heavy atom. The zero-order chi connectivity index (χ0) is 25.4. The van der Waals surface area contributed by atoms with E-state index in [2.05, 4.69) is 37.0 Å². The summed E-state index contributed by atoms with van der Waals surface area (Å²) in [5.41, 5.74) is 6.62. The molecule has 0 aliphatic carbocycles. The molecule has 180 valence electrons. The minimum atomic E-state index is -0.141. The van der Waals surface area contributed by atoms with Gasteiger partial charge in [0.1, 0.15) is 0 Å². The monoisotopic (exact) mass is 479 g/mol. The van der Waals surface area contributed by atoms with E-state index >= 15 is 0 Å². The summed E-state index contributed by atoms with van der Waals surface area (Å²) in [6.07, 6.45) is 5.30. The number of anilines is 1. The summed E-state index contributed by atoms with van der Waals surface area (Å²) in [5, 5.41) is 11.9.